The second-order valence-corrected chi connectivity index (χ2v) is 8.13. The van der Waals surface area contributed by atoms with Crippen LogP contribution in [0, 0.1) is 11.6 Å². The molecular weight excluding hydrogens is 468 g/mol. The van der Waals surface area contributed by atoms with Gasteiger partial charge in [0.25, 0.3) is 0 Å². The summed E-state index contributed by atoms with van der Waals surface area (Å²) in [5.74, 6) is -0.711. The van der Waals surface area contributed by atoms with Crippen LogP contribution in [-0.2, 0) is 6.54 Å². The average Bonchev–Trinajstić information content (AvgIpc) is 2.83. The molecule has 0 spiro atoms. The Hall–Kier alpha value is -3.18. The molecule has 0 saturated carbocycles. The van der Waals surface area contributed by atoms with Crippen molar-refractivity contribution in [2.24, 2.45) is 4.99 Å². The minimum absolute atomic E-state index is 0.0815. The smallest absolute Gasteiger partial charge is 0.203 e. The Labute approximate surface area is 200 Å². The maximum atomic E-state index is 14.5. The molecular formula is C23H24ClF2N5O3. The first-order valence-corrected chi connectivity index (χ1v) is 10.8. The molecule has 4 N–H and O–H groups in total. The van der Waals surface area contributed by atoms with Crippen molar-refractivity contribution in [3.05, 3.63) is 82.5 Å². The number of aliphatic imine (C=N–C) groups is 1. The van der Waals surface area contributed by atoms with E-state index in [4.69, 9.17) is 16.3 Å². The van der Waals surface area contributed by atoms with Gasteiger partial charge in [-0.2, -0.15) is 0 Å². The van der Waals surface area contributed by atoms with Crippen LogP contribution in [-0.4, -0.2) is 58.9 Å². The van der Waals surface area contributed by atoms with Crippen LogP contribution in [0.15, 0.2) is 65.3 Å². The van der Waals surface area contributed by atoms with Gasteiger partial charge in [-0.1, -0.05) is 17.7 Å². The number of dihydropyridines is 1. The van der Waals surface area contributed by atoms with Crippen LogP contribution >= 0.6 is 11.6 Å². The summed E-state index contributed by atoms with van der Waals surface area (Å²) >= 11 is 5.87. The molecule has 0 aliphatic carbocycles. The van der Waals surface area contributed by atoms with E-state index < -0.39 is 24.2 Å². The summed E-state index contributed by atoms with van der Waals surface area (Å²) in [5, 5.41) is 27.0. The van der Waals surface area contributed by atoms with Gasteiger partial charge in [0.15, 0.2) is 6.35 Å². The number of guanidine groups is 1. The van der Waals surface area contributed by atoms with Gasteiger partial charge in [0.05, 0.1) is 25.3 Å². The minimum Gasteiger partial charge on any atom is -0.497 e. The first-order valence-electron chi connectivity index (χ1n) is 10.4. The van der Waals surface area contributed by atoms with Crippen LogP contribution in [0.1, 0.15) is 5.56 Å². The number of hydrogen-bond donors (Lipinski definition) is 4. The summed E-state index contributed by atoms with van der Waals surface area (Å²) in [5.41, 5.74) is 1.37. The molecule has 180 valence electrons. The molecule has 2 heterocycles. The second-order valence-electron chi connectivity index (χ2n) is 7.73. The largest absolute Gasteiger partial charge is 0.497 e. The van der Waals surface area contributed by atoms with Crippen LogP contribution < -0.4 is 15.4 Å². The van der Waals surface area contributed by atoms with Crippen molar-refractivity contribution >= 4 is 23.2 Å². The van der Waals surface area contributed by atoms with Gasteiger partial charge >= 0.3 is 0 Å². The zero-order valence-electron chi connectivity index (χ0n) is 18.3. The topological polar surface area (TPSA) is 92.6 Å². The van der Waals surface area contributed by atoms with Gasteiger partial charge in [0.1, 0.15) is 23.6 Å². The number of halogens is 3. The normalized spacial score (nSPS) is 20.5. The van der Waals surface area contributed by atoms with Gasteiger partial charge in [-0.3, -0.25) is 4.90 Å². The molecule has 0 amide bonds. The zero-order chi connectivity index (χ0) is 24.2. The highest BCUT2D eigenvalue weighted by Gasteiger charge is 2.32. The van der Waals surface area contributed by atoms with E-state index in [1.54, 1.807) is 54.6 Å². The van der Waals surface area contributed by atoms with Crippen LogP contribution in [0.5, 0.6) is 5.75 Å². The molecule has 2 unspecified atom stereocenters. The van der Waals surface area contributed by atoms with E-state index in [1.165, 1.54) is 11.0 Å². The highest BCUT2D eigenvalue weighted by atomic mass is 35.5. The van der Waals surface area contributed by atoms with Gasteiger partial charge in [-0.15, -0.1) is 0 Å². The molecule has 34 heavy (non-hydrogen) atoms. The van der Waals surface area contributed by atoms with Crippen LogP contribution in [0.4, 0.5) is 14.5 Å². The maximum absolute atomic E-state index is 14.5. The van der Waals surface area contributed by atoms with Crippen molar-refractivity contribution in [1.82, 2.24) is 15.1 Å². The molecule has 0 radical (unpaired) electrons. The van der Waals surface area contributed by atoms with E-state index >= 15 is 0 Å². The molecule has 0 bridgehead atoms. The SMILES string of the molecule is COc1ccc(NC2=NCN(CC3=CC=CNC3O)C(O)N2Cc2cc(Cl)c(F)cc2F)cc1. The molecule has 0 aromatic heterocycles. The maximum Gasteiger partial charge on any atom is 0.203 e. The fourth-order valence-electron chi connectivity index (χ4n) is 3.59. The van der Waals surface area contributed by atoms with Crippen molar-refractivity contribution in [3.8, 4) is 5.75 Å². The van der Waals surface area contributed by atoms with Gasteiger partial charge in [-0.25, -0.2) is 18.7 Å². The molecule has 8 nitrogen and oxygen atoms in total. The Morgan fingerprint density at radius 1 is 1.18 bits per heavy atom. The standard InChI is InChI=1S/C23H24ClF2N5O3/c1-34-17-6-4-16(5-7-17)29-22-28-13-30(11-14-3-2-8-27-21(14)32)23(33)31(22)12-15-9-18(24)20(26)10-19(15)25/h2-10,21,23,27,32-33H,11-13H2,1H3,(H,28,29). The Bertz CT molecular complexity index is 1130. The number of methoxy groups -OCH3 is 1. The monoisotopic (exact) mass is 491 g/mol. The van der Waals surface area contributed by atoms with Gasteiger partial charge < -0.3 is 25.6 Å². The number of nitrogens with zero attached hydrogens (tertiary/aromatic N) is 3. The molecule has 2 aromatic carbocycles. The van der Waals surface area contributed by atoms with E-state index in [-0.39, 0.29) is 36.3 Å². The molecule has 11 heteroatoms. The molecule has 4 rings (SSSR count). The molecule has 2 atom stereocenters. The summed E-state index contributed by atoms with van der Waals surface area (Å²) in [7, 11) is 1.56. The lowest BCUT2D eigenvalue weighted by molar-refractivity contribution is -0.0891. The number of aliphatic hydroxyl groups is 2. The molecule has 2 aromatic rings. The fraction of sp³-hybridized carbons (Fsp3) is 0.261. The van der Waals surface area contributed by atoms with Gasteiger partial charge in [-0.05, 0) is 48.2 Å². The first kappa shape index (κ1) is 24.0. The van der Waals surface area contributed by atoms with Crippen molar-refractivity contribution < 1.29 is 23.7 Å². The Morgan fingerprint density at radius 3 is 2.65 bits per heavy atom. The van der Waals surface area contributed by atoms with Crippen LogP contribution in [0.25, 0.3) is 0 Å². The Kier molecular flexibility index (Phi) is 7.32. The average molecular weight is 492 g/mol. The van der Waals surface area contributed by atoms with Crippen molar-refractivity contribution in [1.29, 1.82) is 0 Å². The highest BCUT2D eigenvalue weighted by Crippen LogP contribution is 2.25. The van der Waals surface area contributed by atoms with E-state index in [0.717, 1.165) is 0 Å². The molecule has 0 fully saturated rings. The molecule has 2 aliphatic rings. The molecule has 0 saturated heterocycles. The van der Waals surface area contributed by atoms with E-state index in [1.807, 2.05) is 0 Å². The summed E-state index contributed by atoms with van der Waals surface area (Å²) in [4.78, 5) is 7.55. The Balaban J connectivity index is 1.62. The lowest BCUT2D eigenvalue weighted by Gasteiger charge is -2.41. The third-order valence-corrected chi connectivity index (χ3v) is 5.74. The van der Waals surface area contributed by atoms with Crippen molar-refractivity contribution in [2.75, 3.05) is 25.6 Å². The lowest BCUT2D eigenvalue weighted by Crippen LogP contribution is -2.57. The van der Waals surface area contributed by atoms with Crippen molar-refractivity contribution in [2.45, 2.75) is 19.1 Å². The van der Waals surface area contributed by atoms with E-state index in [2.05, 4.69) is 15.6 Å². The number of nitrogens with one attached hydrogen (secondary N) is 2. The number of anilines is 1. The number of benzene rings is 2. The summed E-state index contributed by atoms with van der Waals surface area (Å²) in [6.07, 6.45) is 2.96. The number of rotatable bonds is 6. The predicted molar refractivity (Wildman–Crippen MR) is 125 cm³/mol. The number of ether oxygens (including phenoxy) is 1. The van der Waals surface area contributed by atoms with Crippen LogP contribution in [0.2, 0.25) is 5.02 Å². The first-order chi connectivity index (χ1) is 16.4. The zero-order valence-corrected chi connectivity index (χ0v) is 19.0. The van der Waals surface area contributed by atoms with Gasteiger partial charge in [0, 0.05) is 23.9 Å². The van der Waals surface area contributed by atoms with E-state index in [9.17, 15) is 19.0 Å². The summed E-state index contributed by atoms with van der Waals surface area (Å²) in [6.45, 7) is 0.157. The summed E-state index contributed by atoms with van der Waals surface area (Å²) in [6, 6.07) is 8.96. The highest BCUT2D eigenvalue weighted by molar-refractivity contribution is 6.30. The predicted octanol–water partition coefficient (Wildman–Crippen LogP) is 2.81. The third-order valence-electron chi connectivity index (χ3n) is 5.45. The minimum atomic E-state index is -1.24. The Morgan fingerprint density at radius 2 is 1.94 bits per heavy atom. The third kappa shape index (κ3) is 5.31. The lowest BCUT2D eigenvalue weighted by atomic mass is 10.1. The van der Waals surface area contributed by atoms with Gasteiger partial charge in [0.2, 0.25) is 5.96 Å². The fourth-order valence-corrected chi connectivity index (χ4v) is 3.78. The number of allylic oxidation sites excluding steroid dienone is 2. The number of aliphatic hydroxyl groups excluding tert-OH is 2. The molecule has 2 aliphatic heterocycles. The van der Waals surface area contributed by atoms with Crippen LogP contribution in [0.3, 0.4) is 0 Å². The van der Waals surface area contributed by atoms with Crippen molar-refractivity contribution in [3.63, 3.8) is 0 Å². The summed E-state index contributed by atoms with van der Waals surface area (Å²) < 4.78 is 33.4. The quantitative estimate of drug-likeness (QED) is 0.462. The second kappa shape index (κ2) is 10.4. The number of hydrogen-bond acceptors (Lipinski definition) is 8. The van der Waals surface area contributed by atoms with E-state index in [0.29, 0.717) is 23.1 Å².